The van der Waals surface area contributed by atoms with E-state index in [4.69, 9.17) is 10.6 Å². The number of hydroxylamine groups is 1. The van der Waals surface area contributed by atoms with Crippen molar-refractivity contribution in [3.05, 3.63) is 0 Å². The third-order valence-electron chi connectivity index (χ3n) is 9.00. The Hall–Kier alpha value is -1.30. The number of piperidine rings is 3. The number of hydrogen-bond acceptors (Lipinski definition) is 8. The minimum atomic E-state index is -0.151. The van der Waals surface area contributed by atoms with Crippen LogP contribution in [-0.4, -0.2) is 96.4 Å². The van der Waals surface area contributed by atoms with Gasteiger partial charge < -0.3 is 16.0 Å². The van der Waals surface area contributed by atoms with Crippen molar-refractivity contribution < 1.29 is 14.4 Å². The third-order valence-corrected chi connectivity index (χ3v) is 9.00. The van der Waals surface area contributed by atoms with Gasteiger partial charge in [-0.2, -0.15) is 5.48 Å². The summed E-state index contributed by atoms with van der Waals surface area (Å²) in [5, 5.41) is 7.49. The summed E-state index contributed by atoms with van der Waals surface area (Å²) in [5.74, 6) is 0.578. The summed E-state index contributed by atoms with van der Waals surface area (Å²) in [7, 11) is 0. The minimum Gasteiger partial charge on any atom is -0.369 e. The molecule has 5 unspecified atom stereocenters. The van der Waals surface area contributed by atoms with Gasteiger partial charge in [-0.05, 0) is 70.4 Å². The van der Waals surface area contributed by atoms with E-state index >= 15 is 0 Å². The molecular formula is C24H43N7O3. The monoisotopic (exact) mass is 477 g/mol. The molecule has 0 aromatic carbocycles. The molecule has 5 N–H and O–H groups in total. The first-order chi connectivity index (χ1) is 16.5. The highest BCUT2D eigenvalue weighted by atomic mass is 16.7. The van der Waals surface area contributed by atoms with Crippen LogP contribution in [0.5, 0.6) is 0 Å². The molecule has 5 aliphatic heterocycles. The molecule has 192 valence electrons. The van der Waals surface area contributed by atoms with E-state index in [9.17, 15) is 9.59 Å². The summed E-state index contributed by atoms with van der Waals surface area (Å²) >= 11 is 0. The van der Waals surface area contributed by atoms with Gasteiger partial charge in [0, 0.05) is 45.1 Å². The molecule has 5 aliphatic rings. The third kappa shape index (κ3) is 5.27. The molecular weight excluding hydrogens is 434 g/mol. The van der Waals surface area contributed by atoms with Crippen LogP contribution in [0.15, 0.2) is 0 Å². The van der Waals surface area contributed by atoms with Crippen molar-refractivity contribution in [2.45, 2.75) is 88.9 Å². The van der Waals surface area contributed by atoms with Gasteiger partial charge in [0.15, 0.2) is 0 Å². The van der Waals surface area contributed by atoms with E-state index in [1.54, 1.807) is 6.92 Å². The standard InChI is InChI=1S/C24H43N7O3/c1-16(32)29-13-7-19(8-14-29)31-10-2-3-20(31)24-27-23(28-34-24)18-4-9-26-21(15-18)30-11-5-17(6-12-30)22(25)33/h17-21,23-24,26-28H,2-15H2,1H3,(H2,25,33). The second-order valence-corrected chi connectivity index (χ2v) is 11.0. The molecule has 0 spiro atoms. The van der Waals surface area contributed by atoms with Gasteiger partial charge in [-0.15, -0.1) is 0 Å². The van der Waals surface area contributed by atoms with Crippen molar-refractivity contribution in [3.8, 4) is 0 Å². The number of nitrogens with zero attached hydrogens (tertiary/aromatic N) is 3. The zero-order chi connectivity index (χ0) is 23.7. The predicted octanol–water partition coefficient (Wildman–Crippen LogP) is -0.239. The van der Waals surface area contributed by atoms with Crippen molar-refractivity contribution in [2.75, 3.05) is 39.3 Å². The van der Waals surface area contributed by atoms with E-state index < -0.39 is 0 Å². The molecule has 10 nitrogen and oxygen atoms in total. The topological polar surface area (TPSA) is 115 Å². The van der Waals surface area contributed by atoms with E-state index in [2.05, 4.69) is 25.9 Å². The Bertz CT molecular complexity index is 723. The number of primary amides is 1. The van der Waals surface area contributed by atoms with Crippen LogP contribution < -0.4 is 21.8 Å². The Morgan fingerprint density at radius 1 is 0.971 bits per heavy atom. The van der Waals surface area contributed by atoms with Crippen molar-refractivity contribution >= 4 is 11.8 Å². The molecule has 5 heterocycles. The Balaban J connectivity index is 1.12. The number of carbonyl (C=O) groups is 2. The zero-order valence-electron chi connectivity index (χ0n) is 20.6. The van der Waals surface area contributed by atoms with Gasteiger partial charge in [-0.25, -0.2) is 0 Å². The van der Waals surface area contributed by atoms with Crippen LogP contribution in [0.25, 0.3) is 0 Å². The molecule has 5 rings (SSSR count). The largest absolute Gasteiger partial charge is 0.369 e. The lowest BCUT2D eigenvalue weighted by molar-refractivity contribution is -0.130. The van der Waals surface area contributed by atoms with Gasteiger partial charge in [0.25, 0.3) is 0 Å². The highest BCUT2D eigenvalue weighted by Crippen LogP contribution is 2.31. The SMILES string of the molecule is CC(=O)N1CCC(N2CCCC2C2NC(C3CCNC(N4CCC(C(N)=O)CC4)C3)NO2)CC1. The zero-order valence-corrected chi connectivity index (χ0v) is 20.6. The van der Waals surface area contributed by atoms with E-state index in [0.717, 1.165) is 84.2 Å². The lowest BCUT2D eigenvalue weighted by atomic mass is 9.90. The molecule has 5 saturated heterocycles. The molecule has 10 heteroatoms. The lowest BCUT2D eigenvalue weighted by Crippen LogP contribution is -2.57. The van der Waals surface area contributed by atoms with Gasteiger partial charge in [0.05, 0.1) is 18.4 Å². The molecule has 0 aromatic heterocycles. The van der Waals surface area contributed by atoms with Crippen LogP contribution >= 0.6 is 0 Å². The smallest absolute Gasteiger partial charge is 0.220 e. The Labute approximate surface area is 203 Å². The fourth-order valence-corrected chi connectivity index (χ4v) is 6.92. The number of nitrogens with one attached hydrogen (secondary N) is 3. The number of rotatable bonds is 5. The molecule has 0 aromatic rings. The average Bonchev–Trinajstić information content (AvgIpc) is 3.54. The summed E-state index contributed by atoms with van der Waals surface area (Å²) in [4.78, 5) is 36.5. The maximum atomic E-state index is 11.7. The second-order valence-electron chi connectivity index (χ2n) is 11.0. The molecule has 5 fully saturated rings. The fraction of sp³-hybridized carbons (Fsp3) is 0.917. The van der Waals surface area contributed by atoms with Crippen molar-refractivity contribution in [1.82, 2.24) is 30.8 Å². The molecule has 0 bridgehead atoms. The summed E-state index contributed by atoms with van der Waals surface area (Å²) in [6.45, 7) is 7.41. The van der Waals surface area contributed by atoms with Crippen molar-refractivity contribution in [3.63, 3.8) is 0 Å². The summed E-state index contributed by atoms with van der Waals surface area (Å²) in [6, 6.07) is 0.927. The predicted molar refractivity (Wildman–Crippen MR) is 128 cm³/mol. The Morgan fingerprint density at radius 2 is 1.74 bits per heavy atom. The van der Waals surface area contributed by atoms with Crippen molar-refractivity contribution in [1.29, 1.82) is 0 Å². The normalized spacial score (nSPS) is 37.3. The van der Waals surface area contributed by atoms with Gasteiger partial charge in [-0.3, -0.25) is 29.5 Å². The highest BCUT2D eigenvalue weighted by molar-refractivity contribution is 5.76. The molecule has 2 amide bonds. The van der Waals surface area contributed by atoms with Gasteiger partial charge >= 0.3 is 0 Å². The number of nitrogens with two attached hydrogens (primary N) is 1. The number of carbonyl (C=O) groups excluding carboxylic acids is 2. The summed E-state index contributed by atoms with van der Waals surface area (Å²) in [6.07, 6.45) is 8.93. The lowest BCUT2D eigenvalue weighted by Gasteiger charge is -2.42. The van der Waals surface area contributed by atoms with Gasteiger partial charge in [-0.1, -0.05) is 0 Å². The molecule has 0 saturated carbocycles. The Morgan fingerprint density at radius 3 is 2.44 bits per heavy atom. The second kappa shape index (κ2) is 10.8. The molecule has 5 atom stereocenters. The summed E-state index contributed by atoms with van der Waals surface area (Å²) in [5.41, 5.74) is 8.86. The van der Waals surface area contributed by atoms with Crippen LogP contribution in [0, 0.1) is 11.8 Å². The molecule has 0 aliphatic carbocycles. The van der Waals surface area contributed by atoms with Gasteiger partial charge in [0.2, 0.25) is 11.8 Å². The summed E-state index contributed by atoms with van der Waals surface area (Å²) < 4.78 is 0. The van der Waals surface area contributed by atoms with Crippen LogP contribution in [0.4, 0.5) is 0 Å². The van der Waals surface area contributed by atoms with Crippen LogP contribution in [-0.2, 0) is 14.4 Å². The van der Waals surface area contributed by atoms with Crippen molar-refractivity contribution in [2.24, 2.45) is 17.6 Å². The number of likely N-dealkylation sites (tertiary alicyclic amines) is 3. The molecule has 34 heavy (non-hydrogen) atoms. The van der Waals surface area contributed by atoms with Crippen LogP contribution in [0.3, 0.4) is 0 Å². The maximum absolute atomic E-state index is 11.7. The first-order valence-electron chi connectivity index (χ1n) is 13.4. The number of amides is 2. The van der Waals surface area contributed by atoms with Crippen LogP contribution in [0.2, 0.25) is 0 Å². The maximum Gasteiger partial charge on any atom is 0.220 e. The minimum absolute atomic E-state index is 0.0120. The van der Waals surface area contributed by atoms with E-state index in [0.29, 0.717) is 24.2 Å². The Kier molecular flexibility index (Phi) is 7.72. The first-order valence-corrected chi connectivity index (χ1v) is 13.4. The quantitative estimate of drug-likeness (QED) is 0.429. The van der Waals surface area contributed by atoms with Gasteiger partial charge in [0.1, 0.15) is 6.23 Å². The number of hydrogen-bond donors (Lipinski definition) is 4. The van der Waals surface area contributed by atoms with Crippen LogP contribution in [0.1, 0.15) is 58.3 Å². The van der Waals surface area contributed by atoms with E-state index in [1.165, 1.54) is 6.42 Å². The highest BCUT2D eigenvalue weighted by Gasteiger charge is 2.43. The van der Waals surface area contributed by atoms with E-state index in [1.807, 2.05) is 4.90 Å². The fourth-order valence-electron chi connectivity index (χ4n) is 6.92. The average molecular weight is 478 g/mol. The molecule has 0 radical (unpaired) electrons. The first kappa shape index (κ1) is 24.4. The van der Waals surface area contributed by atoms with E-state index in [-0.39, 0.29) is 30.1 Å².